The molecular formula is C28H54BrN11O3. The molecule has 1 amide bonds. The van der Waals surface area contributed by atoms with Gasteiger partial charge >= 0.3 is 0 Å². The van der Waals surface area contributed by atoms with Gasteiger partial charge in [-0.3, -0.25) is 4.79 Å². The summed E-state index contributed by atoms with van der Waals surface area (Å²) in [6, 6.07) is 9.39. The molecule has 3 heterocycles. The second-order valence-corrected chi connectivity index (χ2v) is 10.2. The Bertz CT molecular complexity index is 1290. The number of nitrogens with one attached hydrogen (secondary N) is 2. The fourth-order valence-electron chi connectivity index (χ4n) is 4.60. The van der Waals surface area contributed by atoms with Crippen LogP contribution in [0.2, 0.25) is 0 Å². The molecular weight excluding hydrogens is 618 g/mol. The zero-order valence-corrected chi connectivity index (χ0v) is 26.3. The average Bonchev–Trinajstić information content (AvgIpc) is 2.97. The minimum absolute atomic E-state index is 0. The van der Waals surface area contributed by atoms with Crippen molar-refractivity contribution in [2.24, 2.45) is 0 Å². The van der Waals surface area contributed by atoms with Crippen LogP contribution in [0.4, 0.5) is 29.2 Å². The molecule has 15 heteroatoms. The van der Waals surface area contributed by atoms with E-state index in [-0.39, 0.29) is 53.1 Å². The summed E-state index contributed by atoms with van der Waals surface area (Å²) in [6.45, 7) is 9.69. The Kier molecular flexibility index (Phi) is 16.8. The number of carbonyl (C=O) groups is 1. The van der Waals surface area contributed by atoms with Crippen molar-refractivity contribution in [1.29, 1.82) is 0 Å². The zero-order chi connectivity index (χ0) is 27.8. The second-order valence-electron chi connectivity index (χ2n) is 9.33. The third-order valence-corrected chi connectivity index (χ3v) is 7.09. The van der Waals surface area contributed by atoms with E-state index in [1.807, 2.05) is 0 Å². The molecule has 0 aliphatic carbocycles. The highest BCUT2D eigenvalue weighted by Crippen LogP contribution is 2.31. The van der Waals surface area contributed by atoms with Crippen LogP contribution in [0, 0.1) is 0 Å². The fraction of sp³-hybridized carbons (Fsp3) is 0.357. The lowest BCUT2D eigenvalue weighted by Gasteiger charge is -2.30. The molecule has 2 aliphatic rings. The topological polar surface area (TPSA) is 267 Å². The summed E-state index contributed by atoms with van der Waals surface area (Å²) in [5.41, 5.74) is 0.881. The van der Waals surface area contributed by atoms with Gasteiger partial charge in [0.05, 0.1) is 11.3 Å². The quantitative estimate of drug-likeness (QED) is 0.0934. The number of rotatable bonds is 6. The first-order valence-corrected chi connectivity index (χ1v) is 13.9. The van der Waals surface area contributed by atoms with Crippen LogP contribution in [0.25, 0.3) is 0 Å². The Morgan fingerprint density at radius 3 is 1.81 bits per heavy atom. The number of halogens is 1. The van der Waals surface area contributed by atoms with Crippen molar-refractivity contribution in [2.75, 3.05) is 46.6 Å². The van der Waals surface area contributed by atoms with Crippen molar-refractivity contribution in [2.45, 2.75) is 38.5 Å². The molecule has 0 atom stereocenters. The highest BCUT2D eigenvalue weighted by molar-refractivity contribution is 9.10. The number of nitrogens with zero attached hydrogens (tertiary/aromatic N) is 5. The lowest BCUT2D eigenvalue weighted by Crippen LogP contribution is -2.34. The van der Waals surface area contributed by atoms with Crippen LogP contribution in [0.15, 0.2) is 54.0 Å². The van der Waals surface area contributed by atoms with Crippen molar-refractivity contribution in [3.63, 3.8) is 0 Å². The summed E-state index contributed by atoms with van der Waals surface area (Å²) in [4.78, 5) is 31.2. The Morgan fingerprint density at radius 1 is 0.767 bits per heavy atom. The smallest absolute Gasteiger partial charge is 0.259 e. The van der Waals surface area contributed by atoms with Gasteiger partial charge in [-0.05, 0) is 68.9 Å². The first kappa shape index (κ1) is 39.0. The maximum atomic E-state index is 12.6. The van der Waals surface area contributed by atoms with Gasteiger partial charge in [-0.1, -0.05) is 15.9 Å². The fourth-order valence-corrected chi connectivity index (χ4v) is 4.97. The van der Waals surface area contributed by atoms with E-state index >= 15 is 0 Å². The van der Waals surface area contributed by atoms with Crippen molar-refractivity contribution in [3.8, 4) is 11.5 Å². The van der Waals surface area contributed by atoms with E-state index in [0.717, 1.165) is 51.9 Å². The number of piperidine rings is 2. The number of hydrogen-bond acceptors (Lipinski definition) is 13. The maximum Gasteiger partial charge on any atom is 0.259 e. The molecule has 16 N–H and O–H groups in total. The summed E-state index contributed by atoms with van der Waals surface area (Å²) >= 11 is 3.30. The molecule has 0 spiro atoms. The molecule has 1 aromatic heterocycles. The van der Waals surface area contributed by atoms with Gasteiger partial charge < -0.3 is 55.2 Å². The minimum atomic E-state index is -0.537. The summed E-state index contributed by atoms with van der Waals surface area (Å²) in [6.07, 6.45) is 6.90. The minimum Gasteiger partial charge on any atom is -0.507 e. The van der Waals surface area contributed by atoms with Crippen LogP contribution in [0.3, 0.4) is 0 Å². The number of phenolic OH excluding ortho intramolecular Hbond substituents is 2. The van der Waals surface area contributed by atoms with Gasteiger partial charge in [-0.2, -0.15) is 15.0 Å². The summed E-state index contributed by atoms with van der Waals surface area (Å²) in [5.74, 6) is 0.923. The molecule has 2 aromatic carbocycles. The van der Waals surface area contributed by atoms with E-state index in [9.17, 15) is 15.0 Å². The van der Waals surface area contributed by atoms with Gasteiger partial charge in [0, 0.05) is 48.1 Å². The normalized spacial score (nSPS) is 13.8. The Morgan fingerprint density at radius 2 is 1.30 bits per heavy atom. The molecule has 0 saturated carbocycles. The molecule has 5 rings (SSSR count). The molecule has 14 nitrogen and oxygen atoms in total. The lowest BCUT2D eigenvalue weighted by atomic mass is 10.1. The van der Waals surface area contributed by atoms with Crippen LogP contribution in [-0.4, -0.2) is 57.3 Å². The number of anilines is 5. The predicted molar refractivity (Wildman–Crippen MR) is 187 cm³/mol. The Hall–Kier alpha value is -4.02. The molecule has 2 saturated heterocycles. The van der Waals surface area contributed by atoms with E-state index in [1.54, 1.807) is 18.2 Å². The molecule has 2 aliphatic heterocycles. The van der Waals surface area contributed by atoms with Crippen LogP contribution in [0.1, 0.15) is 54.6 Å². The highest BCUT2D eigenvalue weighted by Gasteiger charge is 2.21. The number of phenols is 2. The van der Waals surface area contributed by atoms with Crippen molar-refractivity contribution >= 4 is 51.1 Å². The Balaban J connectivity index is -0.000000577. The largest absolute Gasteiger partial charge is 0.507 e. The number of hydrogen-bond donors (Lipinski definition) is 8. The van der Waals surface area contributed by atoms with Crippen molar-refractivity contribution in [3.05, 3.63) is 59.6 Å². The summed E-state index contributed by atoms with van der Waals surface area (Å²) in [5, 5.41) is 26.5. The van der Waals surface area contributed by atoms with E-state index in [1.165, 1.54) is 31.0 Å². The first-order valence-electron chi connectivity index (χ1n) is 13.1. The number of benzene rings is 2. The number of aromatic nitrogens is 3. The lowest BCUT2D eigenvalue weighted by molar-refractivity contribution is 0.102. The van der Waals surface area contributed by atoms with Crippen molar-refractivity contribution < 1.29 is 20.7 Å². The number of aromatic hydroxyl groups is 2. The number of amides is 1. The van der Waals surface area contributed by atoms with Crippen LogP contribution >= 0.6 is 15.9 Å². The van der Waals surface area contributed by atoms with Gasteiger partial charge in [-0.25, -0.2) is 0 Å². The Labute approximate surface area is 267 Å². The molecule has 2 fully saturated rings. The third-order valence-electron chi connectivity index (χ3n) is 6.59. The summed E-state index contributed by atoms with van der Waals surface area (Å²) in [7, 11) is 0. The SMILES string of the molecule is C=C.N.N.N.N.O=C(Nc1ccc(Nc2nc(N3CCCCC3)nc(N3CCCCC3)n2)cc1O)c1cc(Br)ccc1O.[HH].[HH].[HH].[HH]. The molecule has 0 bridgehead atoms. The monoisotopic (exact) mass is 671 g/mol. The molecule has 3 aromatic rings. The maximum absolute atomic E-state index is 12.6. The van der Waals surface area contributed by atoms with Crippen molar-refractivity contribution in [1.82, 2.24) is 39.6 Å². The highest BCUT2D eigenvalue weighted by atomic mass is 79.9. The van der Waals surface area contributed by atoms with Gasteiger partial charge in [0.2, 0.25) is 17.8 Å². The first-order chi connectivity index (χ1) is 19.0. The van der Waals surface area contributed by atoms with Gasteiger partial charge in [0.15, 0.2) is 0 Å². The second kappa shape index (κ2) is 18.5. The van der Waals surface area contributed by atoms with Gasteiger partial charge in [0.25, 0.3) is 5.91 Å². The van der Waals surface area contributed by atoms with Crippen LogP contribution < -0.4 is 45.0 Å². The summed E-state index contributed by atoms with van der Waals surface area (Å²) < 4.78 is 0.657. The van der Waals surface area contributed by atoms with E-state index in [4.69, 9.17) is 4.98 Å². The molecule has 246 valence electrons. The molecule has 0 radical (unpaired) electrons. The molecule has 43 heavy (non-hydrogen) atoms. The van der Waals surface area contributed by atoms with Gasteiger partial charge in [-0.15, -0.1) is 13.2 Å². The molecule has 0 unspecified atom stereocenters. The van der Waals surface area contributed by atoms with E-state index in [2.05, 4.69) is 59.5 Å². The zero-order valence-electron chi connectivity index (χ0n) is 24.7. The standard InChI is InChI=1S/C26H30BrN7O3.C2H4.4H3N.4H2/c27-17-7-10-21(35)19(15-17)23(37)29-20-9-8-18(16-22(20)36)28-24-30-25(33-11-3-1-4-12-33)32-26(31-24)34-13-5-2-6-14-34;1-2;;;;;;;;/h7-10,15-16,35-36H,1-6,11-14H2,(H,29,37)(H,28,30,31,32);1-2H2;4*1H3;4*1H. The van der Waals surface area contributed by atoms with Crippen LogP contribution in [-0.2, 0) is 0 Å². The number of carbonyl (C=O) groups excluding carboxylic acids is 1. The van der Waals surface area contributed by atoms with Gasteiger partial charge in [0.1, 0.15) is 11.5 Å². The van der Waals surface area contributed by atoms with Crippen LogP contribution in [0.5, 0.6) is 11.5 Å². The average molecular weight is 673 g/mol. The van der Waals surface area contributed by atoms with E-state index < -0.39 is 5.91 Å². The third kappa shape index (κ3) is 10.0. The van der Waals surface area contributed by atoms with E-state index in [0.29, 0.717) is 28.0 Å². The predicted octanol–water partition coefficient (Wildman–Crippen LogP) is 7.46.